The van der Waals surface area contributed by atoms with Gasteiger partial charge in [0.25, 0.3) is 0 Å². The fraction of sp³-hybridized carbons (Fsp3) is 0.692. The Hall–Kier alpha value is -1.01. The van der Waals surface area contributed by atoms with E-state index in [-0.39, 0.29) is 6.04 Å². The minimum absolute atomic E-state index is 0.202. The molecule has 1 saturated heterocycles. The van der Waals surface area contributed by atoms with Crippen LogP contribution in [0.15, 0.2) is 6.20 Å². The summed E-state index contributed by atoms with van der Waals surface area (Å²) in [6, 6.07) is 0.202. The fourth-order valence-corrected chi connectivity index (χ4v) is 3.65. The molecule has 2 atom stereocenters. The Bertz CT molecular complexity index is 411. The molecule has 5 nitrogen and oxygen atoms in total. The van der Waals surface area contributed by atoms with Gasteiger partial charge in [-0.1, -0.05) is 6.92 Å². The first kappa shape index (κ1) is 14.4. The summed E-state index contributed by atoms with van der Waals surface area (Å²) in [6.07, 6.45) is 2.86. The third kappa shape index (κ3) is 3.30. The molecule has 2 rings (SSSR count). The van der Waals surface area contributed by atoms with Crippen molar-refractivity contribution in [1.29, 1.82) is 0 Å². The lowest BCUT2D eigenvalue weighted by molar-refractivity contribution is 0.331. The Morgan fingerprint density at radius 3 is 2.89 bits per heavy atom. The average Bonchev–Trinajstić information content (AvgIpc) is 2.98. The van der Waals surface area contributed by atoms with Crippen molar-refractivity contribution in [2.24, 2.45) is 5.92 Å². The molecule has 0 spiro atoms. The van der Waals surface area contributed by atoms with Gasteiger partial charge in [0.2, 0.25) is 11.8 Å². The SMILES string of the molecule is CCNC(c1ncc(OC)nc1OC)C1CCSC1. The predicted octanol–water partition coefficient (Wildman–Crippen LogP) is 1.90. The number of hydrogen-bond acceptors (Lipinski definition) is 6. The third-order valence-corrected chi connectivity index (χ3v) is 4.49. The van der Waals surface area contributed by atoms with Gasteiger partial charge in [0.1, 0.15) is 5.69 Å². The van der Waals surface area contributed by atoms with Crippen LogP contribution in [0.25, 0.3) is 0 Å². The highest BCUT2D eigenvalue weighted by Crippen LogP contribution is 2.36. The molecule has 1 fully saturated rings. The van der Waals surface area contributed by atoms with Gasteiger partial charge < -0.3 is 14.8 Å². The first-order chi connectivity index (χ1) is 9.30. The molecule has 0 aromatic carbocycles. The Morgan fingerprint density at radius 2 is 2.32 bits per heavy atom. The third-order valence-electron chi connectivity index (χ3n) is 3.30. The van der Waals surface area contributed by atoms with Crippen molar-refractivity contribution in [1.82, 2.24) is 15.3 Å². The summed E-state index contributed by atoms with van der Waals surface area (Å²) in [5.41, 5.74) is 0.887. The molecule has 1 aliphatic rings. The van der Waals surface area contributed by atoms with Crippen LogP contribution < -0.4 is 14.8 Å². The van der Waals surface area contributed by atoms with Crippen LogP contribution in [0.5, 0.6) is 11.8 Å². The summed E-state index contributed by atoms with van der Waals surface area (Å²) in [5, 5.41) is 3.52. The van der Waals surface area contributed by atoms with Gasteiger partial charge in [-0.3, -0.25) is 0 Å². The smallest absolute Gasteiger partial charge is 0.240 e. The van der Waals surface area contributed by atoms with Crippen LogP contribution in [0.2, 0.25) is 0 Å². The van der Waals surface area contributed by atoms with Crippen molar-refractivity contribution in [3.8, 4) is 11.8 Å². The van der Waals surface area contributed by atoms with Crippen molar-refractivity contribution in [2.45, 2.75) is 19.4 Å². The van der Waals surface area contributed by atoms with Gasteiger partial charge in [0, 0.05) is 0 Å². The maximum absolute atomic E-state index is 5.37. The standard InChI is InChI=1S/C13H21N3O2S/c1-4-14-11(9-5-6-19-8-9)12-13(18-3)16-10(17-2)7-15-12/h7,9,11,14H,4-6,8H2,1-3H3. The quantitative estimate of drug-likeness (QED) is 0.860. The summed E-state index contributed by atoms with van der Waals surface area (Å²) >= 11 is 2.00. The van der Waals surface area contributed by atoms with Crippen molar-refractivity contribution in [3.05, 3.63) is 11.9 Å². The topological polar surface area (TPSA) is 56.3 Å². The molecule has 6 heteroatoms. The van der Waals surface area contributed by atoms with Crippen LogP contribution in [0.1, 0.15) is 25.1 Å². The van der Waals surface area contributed by atoms with E-state index in [0.29, 0.717) is 17.7 Å². The molecule has 19 heavy (non-hydrogen) atoms. The predicted molar refractivity (Wildman–Crippen MR) is 77.0 cm³/mol. The molecule has 106 valence electrons. The monoisotopic (exact) mass is 283 g/mol. The lowest BCUT2D eigenvalue weighted by Gasteiger charge is -2.24. The molecular weight excluding hydrogens is 262 g/mol. The van der Waals surface area contributed by atoms with E-state index >= 15 is 0 Å². The zero-order valence-corrected chi connectivity index (χ0v) is 12.5. The van der Waals surface area contributed by atoms with Crippen LogP contribution in [0, 0.1) is 5.92 Å². The number of thioether (sulfide) groups is 1. The molecular formula is C13H21N3O2S. The van der Waals surface area contributed by atoms with Gasteiger partial charge >= 0.3 is 0 Å². The maximum Gasteiger partial charge on any atom is 0.240 e. The number of rotatable bonds is 6. The van der Waals surface area contributed by atoms with Gasteiger partial charge in [-0.25, -0.2) is 4.98 Å². The van der Waals surface area contributed by atoms with E-state index in [4.69, 9.17) is 9.47 Å². The van der Waals surface area contributed by atoms with Gasteiger partial charge in [0.15, 0.2) is 0 Å². The van der Waals surface area contributed by atoms with E-state index in [1.807, 2.05) is 11.8 Å². The Morgan fingerprint density at radius 1 is 1.47 bits per heavy atom. The van der Waals surface area contributed by atoms with Gasteiger partial charge in [-0.15, -0.1) is 0 Å². The highest BCUT2D eigenvalue weighted by Gasteiger charge is 2.30. The fourth-order valence-electron chi connectivity index (χ4n) is 2.35. The summed E-state index contributed by atoms with van der Waals surface area (Å²) < 4.78 is 10.5. The van der Waals surface area contributed by atoms with E-state index in [0.717, 1.165) is 18.0 Å². The Balaban J connectivity index is 2.29. The second-order valence-electron chi connectivity index (χ2n) is 4.47. The number of aromatic nitrogens is 2. The molecule has 1 aromatic rings. The highest BCUT2D eigenvalue weighted by molar-refractivity contribution is 7.99. The molecule has 0 aliphatic carbocycles. The normalized spacial score (nSPS) is 20.3. The summed E-state index contributed by atoms with van der Waals surface area (Å²) in [7, 11) is 3.21. The van der Waals surface area contributed by atoms with Gasteiger partial charge in [-0.2, -0.15) is 16.7 Å². The van der Waals surface area contributed by atoms with Crippen LogP contribution >= 0.6 is 11.8 Å². The number of nitrogens with zero attached hydrogens (tertiary/aromatic N) is 2. The highest BCUT2D eigenvalue weighted by atomic mass is 32.2. The van der Waals surface area contributed by atoms with E-state index in [2.05, 4.69) is 22.2 Å². The van der Waals surface area contributed by atoms with Crippen LogP contribution in [0.3, 0.4) is 0 Å². The van der Waals surface area contributed by atoms with Crippen molar-refractivity contribution < 1.29 is 9.47 Å². The second-order valence-corrected chi connectivity index (χ2v) is 5.62. The lowest BCUT2D eigenvalue weighted by atomic mass is 9.96. The van der Waals surface area contributed by atoms with Gasteiger partial charge in [0.05, 0.1) is 26.5 Å². The zero-order chi connectivity index (χ0) is 13.7. The van der Waals surface area contributed by atoms with Crippen molar-refractivity contribution in [2.75, 3.05) is 32.3 Å². The second kappa shape index (κ2) is 6.96. The van der Waals surface area contributed by atoms with Gasteiger partial charge in [-0.05, 0) is 30.4 Å². The van der Waals surface area contributed by atoms with Crippen LogP contribution in [-0.4, -0.2) is 42.2 Å². The van der Waals surface area contributed by atoms with E-state index in [9.17, 15) is 0 Å². The molecule has 1 aliphatic heterocycles. The van der Waals surface area contributed by atoms with E-state index < -0.39 is 0 Å². The minimum atomic E-state index is 0.202. The summed E-state index contributed by atoms with van der Waals surface area (Å²) in [6.45, 7) is 3.02. The van der Waals surface area contributed by atoms with E-state index in [1.165, 1.54) is 12.2 Å². The number of ether oxygens (including phenoxy) is 2. The first-order valence-electron chi connectivity index (χ1n) is 6.56. The number of methoxy groups -OCH3 is 2. The van der Waals surface area contributed by atoms with E-state index in [1.54, 1.807) is 20.4 Å². The largest absolute Gasteiger partial charge is 0.480 e. The molecule has 0 saturated carbocycles. The molecule has 0 radical (unpaired) electrons. The summed E-state index contributed by atoms with van der Waals surface area (Å²) in [4.78, 5) is 8.83. The Kier molecular flexibility index (Phi) is 5.27. The minimum Gasteiger partial charge on any atom is -0.480 e. The molecule has 2 unspecified atom stereocenters. The first-order valence-corrected chi connectivity index (χ1v) is 7.71. The molecule has 0 amide bonds. The van der Waals surface area contributed by atoms with Crippen LogP contribution in [0.4, 0.5) is 0 Å². The number of nitrogens with one attached hydrogen (secondary N) is 1. The lowest BCUT2D eigenvalue weighted by Crippen LogP contribution is -2.29. The molecule has 2 heterocycles. The summed E-state index contributed by atoms with van der Waals surface area (Å²) in [5.74, 6) is 4.01. The maximum atomic E-state index is 5.37. The number of hydrogen-bond donors (Lipinski definition) is 1. The van der Waals surface area contributed by atoms with Crippen molar-refractivity contribution in [3.63, 3.8) is 0 Å². The molecule has 1 aromatic heterocycles. The Labute approximate surface area is 118 Å². The zero-order valence-electron chi connectivity index (χ0n) is 11.7. The molecule has 1 N–H and O–H groups in total. The van der Waals surface area contributed by atoms with Crippen molar-refractivity contribution >= 4 is 11.8 Å². The van der Waals surface area contributed by atoms with Crippen LogP contribution in [-0.2, 0) is 0 Å². The molecule has 0 bridgehead atoms. The average molecular weight is 283 g/mol.